The van der Waals surface area contributed by atoms with Gasteiger partial charge in [-0.25, -0.2) is 0 Å². The number of allylic oxidation sites excluding steroid dienone is 8. The van der Waals surface area contributed by atoms with Crippen molar-refractivity contribution >= 4 is 29.0 Å². The van der Waals surface area contributed by atoms with Crippen LogP contribution in [0, 0.1) is 12.8 Å². The number of aromatic nitrogens is 2. The van der Waals surface area contributed by atoms with E-state index in [2.05, 4.69) is 154 Å². The lowest BCUT2D eigenvalue weighted by Gasteiger charge is -2.24. The summed E-state index contributed by atoms with van der Waals surface area (Å²) in [5.74, 6) is 1.45. The quantitative estimate of drug-likeness (QED) is 0.132. The van der Waals surface area contributed by atoms with Gasteiger partial charge in [0.2, 0.25) is 0 Å². The van der Waals surface area contributed by atoms with Crippen LogP contribution < -0.4 is 10.2 Å². The first kappa shape index (κ1) is 45.5. The third-order valence-corrected chi connectivity index (χ3v) is 7.32. The summed E-state index contributed by atoms with van der Waals surface area (Å²) in [5, 5.41) is 8.90. The molecule has 8 nitrogen and oxygen atoms in total. The molecule has 0 bridgehead atoms. The van der Waals surface area contributed by atoms with Gasteiger partial charge in [-0.05, 0) is 88.6 Å². The fourth-order valence-electron chi connectivity index (χ4n) is 4.01. The van der Waals surface area contributed by atoms with Gasteiger partial charge in [0.15, 0.2) is 0 Å². The van der Waals surface area contributed by atoms with Crippen LogP contribution in [0.3, 0.4) is 0 Å². The van der Waals surface area contributed by atoms with Crippen molar-refractivity contribution in [1.29, 1.82) is 0 Å². The summed E-state index contributed by atoms with van der Waals surface area (Å²) in [4.78, 5) is 14.6. The van der Waals surface area contributed by atoms with E-state index >= 15 is 0 Å². The lowest BCUT2D eigenvalue weighted by Crippen LogP contribution is -2.25. The normalized spacial score (nSPS) is 12.6. The summed E-state index contributed by atoms with van der Waals surface area (Å²) in [6.45, 7) is 29.2. The van der Waals surface area contributed by atoms with E-state index < -0.39 is 0 Å². The van der Waals surface area contributed by atoms with Gasteiger partial charge in [0.25, 0.3) is 0 Å². The summed E-state index contributed by atoms with van der Waals surface area (Å²) in [6.07, 6.45) is 15.6. The molecule has 0 aliphatic heterocycles. The van der Waals surface area contributed by atoms with Crippen molar-refractivity contribution in [2.24, 2.45) is 23.0 Å². The third-order valence-electron chi connectivity index (χ3n) is 7.32. The number of rotatable bonds is 13. The molecule has 0 radical (unpaired) electrons. The summed E-state index contributed by atoms with van der Waals surface area (Å²) in [7, 11) is 12.1. The van der Waals surface area contributed by atoms with Gasteiger partial charge in [-0.15, -0.1) is 13.2 Å². The maximum Gasteiger partial charge on any atom is 0.107 e. The molecule has 1 aromatic carbocycles. The molecule has 266 valence electrons. The number of aryl methyl sites for hydroxylation is 2. The maximum absolute atomic E-state index is 4.48. The lowest BCUT2D eigenvalue weighted by atomic mass is 10.1. The molecule has 0 spiro atoms. The van der Waals surface area contributed by atoms with Gasteiger partial charge in [0, 0.05) is 101 Å². The molecular weight excluding hydrogens is 592 g/mol. The molecule has 0 aliphatic rings. The van der Waals surface area contributed by atoms with Crippen molar-refractivity contribution in [2.75, 3.05) is 46.7 Å². The average Bonchev–Trinajstić information content (AvgIpc) is 3.37. The van der Waals surface area contributed by atoms with Crippen LogP contribution in [0.2, 0.25) is 0 Å². The van der Waals surface area contributed by atoms with Crippen LogP contribution in [0.1, 0.15) is 61.1 Å². The monoisotopic (exact) mass is 659 g/mol. The number of nitrogens with one attached hydrogen (secondary N) is 1. The minimum Gasteiger partial charge on any atom is -0.381 e. The molecule has 0 saturated carbocycles. The van der Waals surface area contributed by atoms with E-state index in [1.165, 1.54) is 28.6 Å². The highest BCUT2D eigenvalue weighted by Gasteiger charge is 2.09. The van der Waals surface area contributed by atoms with Crippen molar-refractivity contribution < 1.29 is 0 Å². The SMILES string of the molecule is C=C.C=CN=C/C=C(\NC)N(C)C(/C=C\C(C)C)=C/C(C)=C(\C)N(C)C.CC.CCN=C/C=C(\C)N(C)c1ccc2nn(C)c(C)c2c1. The molecule has 1 aromatic heterocycles. The predicted octanol–water partition coefficient (Wildman–Crippen LogP) is 9.29. The lowest BCUT2D eigenvalue weighted by molar-refractivity contribution is 0.493. The van der Waals surface area contributed by atoms with Crippen LogP contribution in [0.15, 0.2) is 113 Å². The Balaban J connectivity index is 0. The van der Waals surface area contributed by atoms with Gasteiger partial charge in [-0.2, -0.15) is 5.10 Å². The molecule has 0 fully saturated rings. The zero-order chi connectivity index (χ0) is 37.4. The number of likely N-dealkylation sites (N-methyl/N-ethyl adjacent to an activating group) is 1. The summed E-state index contributed by atoms with van der Waals surface area (Å²) in [6, 6.07) is 6.36. The fourth-order valence-corrected chi connectivity index (χ4v) is 4.01. The van der Waals surface area contributed by atoms with Crippen LogP contribution in [0.25, 0.3) is 10.9 Å². The fraction of sp³-hybridized carbons (Fsp3) is 0.425. The highest BCUT2D eigenvalue weighted by molar-refractivity contribution is 5.85. The van der Waals surface area contributed by atoms with E-state index in [1.807, 2.05) is 65.0 Å². The number of aliphatic imine (C=N–C) groups is 2. The van der Waals surface area contributed by atoms with Gasteiger partial charge in [-0.3, -0.25) is 14.7 Å². The first-order chi connectivity index (χ1) is 22.8. The molecule has 1 N–H and O–H groups in total. The van der Waals surface area contributed by atoms with E-state index in [-0.39, 0.29) is 0 Å². The van der Waals surface area contributed by atoms with Crippen LogP contribution in [0.5, 0.6) is 0 Å². The second kappa shape index (κ2) is 25.5. The summed E-state index contributed by atoms with van der Waals surface area (Å²) < 4.78 is 1.92. The molecule has 0 saturated heterocycles. The molecule has 8 heteroatoms. The van der Waals surface area contributed by atoms with Crippen molar-refractivity contribution in [2.45, 2.75) is 62.3 Å². The molecular formula is C40H66N8. The van der Waals surface area contributed by atoms with Crippen LogP contribution in [-0.2, 0) is 7.05 Å². The van der Waals surface area contributed by atoms with E-state index in [0.717, 1.165) is 35.0 Å². The topological polar surface area (TPSA) is 64.3 Å². The average molecular weight is 659 g/mol. The molecule has 0 amide bonds. The number of fused-ring (bicyclic) bond motifs is 1. The van der Waals surface area contributed by atoms with Crippen LogP contribution in [-0.4, -0.2) is 73.8 Å². The predicted molar refractivity (Wildman–Crippen MR) is 217 cm³/mol. The minimum absolute atomic E-state index is 0.491. The smallest absolute Gasteiger partial charge is 0.107 e. The molecule has 0 aliphatic carbocycles. The van der Waals surface area contributed by atoms with E-state index in [9.17, 15) is 0 Å². The second-order valence-corrected chi connectivity index (χ2v) is 11.1. The highest BCUT2D eigenvalue weighted by Crippen LogP contribution is 2.25. The molecule has 2 rings (SSSR count). The van der Waals surface area contributed by atoms with Crippen molar-refractivity contribution in [3.8, 4) is 0 Å². The number of hydrogen-bond donors (Lipinski definition) is 1. The number of anilines is 1. The van der Waals surface area contributed by atoms with Crippen molar-refractivity contribution in [3.05, 3.63) is 109 Å². The van der Waals surface area contributed by atoms with E-state index in [0.29, 0.717) is 5.92 Å². The standard InChI is InChI=1S/C20H34N4.C16H22N4.C2H6.C2H4/c1-10-22-14-13-20(21-6)24(9)19(12-11-16(2)3)15-17(4)18(5)23(7)8;1-6-17-10-9-12(2)19(4)14-7-8-16-15(11-14)13(3)20(5)18-16;2*1-2/h10-16,21H,1H2,2-9H3;7-11H,6H2,1-5H3;1-2H3;1-2H2/b12-11-,18-17+,19-15+,20-13+,22-14?;12-9+,17-10?;;. The molecule has 2 aromatic rings. The Kier molecular flexibility index (Phi) is 24.2. The summed E-state index contributed by atoms with van der Waals surface area (Å²) in [5.41, 5.74) is 8.11. The van der Waals surface area contributed by atoms with Crippen molar-refractivity contribution in [1.82, 2.24) is 24.9 Å². The van der Waals surface area contributed by atoms with Crippen LogP contribution in [0.4, 0.5) is 5.69 Å². The van der Waals surface area contributed by atoms with Gasteiger partial charge >= 0.3 is 0 Å². The molecule has 0 atom stereocenters. The summed E-state index contributed by atoms with van der Waals surface area (Å²) >= 11 is 0. The Labute approximate surface area is 294 Å². The number of benzene rings is 1. The van der Waals surface area contributed by atoms with Crippen molar-refractivity contribution in [3.63, 3.8) is 0 Å². The second-order valence-electron chi connectivity index (χ2n) is 11.1. The Morgan fingerprint density at radius 1 is 1.04 bits per heavy atom. The van der Waals surface area contributed by atoms with Crippen LogP contribution >= 0.6 is 0 Å². The first-order valence-corrected chi connectivity index (χ1v) is 16.6. The Hall–Kier alpha value is -4.59. The molecule has 1 heterocycles. The highest BCUT2D eigenvalue weighted by atomic mass is 15.3. The Morgan fingerprint density at radius 2 is 1.67 bits per heavy atom. The molecule has 48 heavy (non-hydrogen) atoms. The first-order valence-electron chi connectivity index (χ1n) is 16.6. The van der Waals surface area contributed by atoms with E-state index in [1.54, 1.807) is 6.21 Å². The number of hydrogen-bond acceptors (Lipinski definition) is 7. The van der Waals surface area contributed by atoms with Gasteiger partial charge in [0.1, 0.15) is 5.82 Å². The zero-order valence-electron chi connectivity index (χ0n) is 32.9. The largest absolute Gasteiger partial charge is 0.381 e. The number of nitrogens with zero attached hydrogens (tertiary/aromatic N) is 7. The van der Waals surface area contributed by atoms with Gasteiger partial charge in [0.05, 0.1) is 5.52 Å². The molecule has 0 unspecified atom stereocenters. The Morgan fingerprint density at radius 3 is 2.19 bits per heavy atom. The minimum atomic E-state index is 0.491. The Bertz CT molecular complexity index is 1440. The third kappa shape index (κ3) is 15.8. The van der Waals surface area contributed by atoms with Gasteiger partial charge in [-0.1, -0.05) is 40.3 Å². The van der Waals surface area contributed by atoms with E-state index in [4.69, 9.17) is 0 Å². The zero-order valence-corrected chi connectivity index (χ0v) is 32.9. The van der Waals surface area contributed by atoms with Gasteiger partial charge < -0.3 is 20.0 Å². The maximum atomic E-state index is 4.48.